The number of carbonyl (C=O) groups excluding carboxylic acids is 1. The van der Waals surface area contributed by atoms with Crippen molar-refractivity contribution in [3.05, 3.63) is 95.0 Å². The highest BCUT2D eigenvalue weighted by Gasteiger charge is 2.07. The van der Waals surface area contributed by atoms with Gasteiger partial charge >= 0.3 is 0 Å². The number of hydrogen-bond acceptors (Lipinski definition) is 5. The Morgan fingerprint density at radius 1 is 0.933 bits per heavy atom. The van der Waals surface area contributed by atoms with Crippen molar-refractivity contribution in [1.29, 1.82) is 5.26 Å². The predicted molar refractivity (Wildman–Crippen MR) is 117 cm³/mol. The van der Waals surface area contributed by atoms with Gasteiger partial charge in [-0.3, -0.25) is 4.79 Å². The van der Waals surface area contributed by atoms with Gasteiger partial charge in [-0.1, -0.05) is 36.4 Å². The standard InChI is InChI=1S/C24H17N3O2S/c25-13-16-1-3-17(4-2-16)18-9-11-22(12-10-18)29-14-21-15-30-24(27-21)20-7-5-19(6-8-20)23(26)28/h1-12,15H,14H2,(H2,26,28). The molecular weight excluding hydrogens is 394 g/mol. The topological polar surface area (TPSA) is 89.0 Å². The lowest BCUT2D eigenvalue weighted by Gasteiger charge is -2.06. The number of hydrogen-bond donors (Lipinski definition) is 1. The van der Waals surface area contributed by atoms with Gasteiger partial charge in [0.05, 0.1) is 17.3 Å². The van der Waals surface area contributed by atoms with Crippen molar-refractivity contribution in [3.63, 3.8) is 0 Å². The number of amides is 1. The maximum atomic E-state index is 11.2. The summed E-state index contributed by atoms with van der Waals surface area (Å²) in [5.74, 6) is 0.313. The van der Waals surface area contributed by atoms with Crippen LogP contribution in [-0.4, -0.2) is 10.9 Å². The molecule has 0 aliphatic rings. The van der Waals surface area contributed by atoms with Crippen LogP contribution in [0.1, 0.15) is 21.6 Å². The summed E-state index contributed by atoms with van der Waals surface area (Å²) in [6.45, 7) is 0.367. The van der Waals surface area contributed by atoms with Gasteiger partial charge in [-0.2, -0.15) is 5.26 Å². The van der Waals surface area contributed by atoms with E-state index in [0.29, 0.717) is 17.7 Å². The van der Waals surface area contributed by atoms with Crippen molar-refractivity contribution in [2.45, 2.75) is 6.61 Å². The van der Waals surface area contributed by atoms with Gasteiger partial charge in [-0.05, 0) is 47.5 Å². The fraction of sp³-hybridized carbons (Fsp3) is 0.0417. The van der Waals surface area contributed by atoms with E-state index >= 15 is 0 Å². The zero-order valence-corrected chi connectivity index (χ0v) is 16.7. The molecule has 146 valence electrons. The Hall–Kier alpha value is -3.95. The highest BCUT2D eigenvalue weighted by molar-refractivity contribution is 7.13. The number of nitrogens with two attached hydrogens (primary N) is 1. The van der Waals surface area contributed by atoms with Crippen LogP contribution in [0.15, 0.2) is 78.2 Å². The Bertz CT molecular complexity index is 1210. The van der Waals surface area contributed by atoms with Crippen molar-refractivity contribution in [3.8, 4) is 33.5 Å². The summed E-state index contributed by atoms with van der Waals surface area (Å²) in [5.41, 5.74) is 10.3. The second-order valence-corrected chi connectivity index (χ2v) is 7.45. The summed E-state index contributed by atoms with van der Waals surface area (Å²) in [6, 6.07) is 24.5. The molecule has 0 radical (unpaired) electrons. The summed E-state index contributed by atoms with van der Waals surface area (Å²) >= 11 is 1.52. The molecule has 4 rings (SSSR count). The van der Waals surface area contributed by atoms with Crippen LogP contribution >= 0.6 is 11.3 Å². The van der Waals surface area contributed by atoms with E-state index in [1.165, 1.54) is 11.3 Å². The van der Waals surface area contributed by atoms with E-state index in [9.17, 15) is 4.79 Å². The Kier molecular flexibility index (Phi) is 5.55. The molecule has 0 spiro atoms. The molecule has 0 bridgehead atoms. The minimum atomic E-state index is -0.444. The fourth-order valence-corrected chi connectivity index (χ4v) is 3.73. The lowest BCUT2D eigenvalue weighted by molar-refractivity contribution is 0.100. The van der Waals surface area contributed by atoms with E-state index in [1.54, 1.807) is 24.3 Å². The molecule has 0 aliphatic carbocycles. The van der Waals surface area contributed by atoms with Crippen molar-refractivity contribution < 1.29 is 9.53 Å². The molecule has 2 N–H and O–H groups in total. The number of ether oxygens (including phenoxy) is 1. The lowest BCUT2D eigenvalue weighted by atomic mass is 10.0. The zero-order valence-electron chi connectivity index (χ0n) is 15.9. The Labute approximate surface area is 178 Å². The summed E-state index contributed by atoms with van der Waals surface area (Å²) in [5, 5.41) is 11.7. The van der Waals surface area contributed by atoms with Crippen molar-refractivity contribution >= 4 is 17.2 Å². The third-order valence-electron chi connectivity index (χ3n) is 4.56. The van der Waals surface area contributed by atoms with Gasteiger partial charge < -0.3 is 10.5 Å². The van der Waals surface area contributed by atoms with Crippen molar-refractivity contribution in [2.75, 3.05) is 0 Å². The number of thiazole rings is 1. The van der Waals surface area contributed by atoms with Crippen LogP contribution in [0.5, 0.6) is 5.75 Å². The van der Waals surface area contributed by atoms with E-state index < -0.39 is 5.91 Å². The number of aromatic nitrogens is 1. The second-order valence-electron chi connectivity index (χ2n) is 6.59. The summed E-state index contributed by atoms with van der Waals surface area (Å²) in [6.07, 6.45) is 0. The number of nitriles is 1. The fourth-order valence-electron chi connectivity index (χ4n) is 2.92. The number of primary amides is 1. The first kappa shape index (κ1) is 19.4. The van der Waals surface area contributed by atoms with Gasteiger partial charge in [-0.15, -0.1) is 11.3 Å². The molecule has 1 amide bonds. The van der Waals surface area contributed by atoms with E-state index in [4.69, 9.17) is 15.7 Å². The third-order valence-corrected chi connectivity index (χ3v) is 5.50. The summed E-state index contributed by atoms with van der Waals surface area (Å²) in [7, 11) is 0. The first-order valence-corrected chi connectivity index (χ1v) is 10.1. The smallest absolute Gasteiger partial charge is 0.248 e. The molecule has 0 saturated carbocycles. The minimum absolute atomic E-state index is 0.367. The third kappa shape index (κ3) is 4.37. The largest absolute Gasteiger partial charge is 0.487 e. The first-order valence-electron chi connectivity index (χ1n) is 9.20. The molecule has 3 aromatic carbocycles. The average molecular weight is 411 g/mol. The van der Waals surface area contributed by atoms with Crippen LogP contribution < -0.4 is 10.5 Å². The van der Waals surface area contributed by atoms with E-state index in [1.807, 2.05) is 53.9 Å². The van der Waals surface area contributed by atoms with Gasteiger partial charge in [-0.25, -0.2) is 4.98 Å². The molecule has 5 nitrogen and oxygen atoms in total. The van der Waals surface area contributed by atoms with Crippen molar-refractivity contribution in [2.24, 2.45) is 5.73 Å². The predicted octanol–water partition coefficient (Wildman–Crippen LogP) is 5.03. The van der Waals surface area contributed by atoms with Gasteiger partial charge in [0.2, 0.25) is 5.91 Å². The summed E-state index contributed by atoms with van der Waals surface area (Å²) < 4.78 is 5.86. The maximum Gasteiger partial charge on any atom is 0.248 e. The van der Waals surface area contributed by atoms with E-state index in [-0.39, 0.29) is 0 Å². The molecule has 6 heteroatoms. The highest BCUT2D eigenvalue weighted by Crippen LogP contribution is 2.26. The Morgan fingerprint density at radius 2 is 1.53 bits per heavy atom. The molecule has 0 fully saturated rings. The van der Waals surface area contributed by atoms with Crippen LogP contribution in [0, 0.1) is 11.3 Å². The number of benzene rings is 3. The molecule has 0 atom stereocenters. The van der Waals surface area contributed by atoms with Crippen LogP contribution in [-0.2, 0) is 6.61 Å². The quantitative estimate of drug-likeness (QED) is 0.482. The molecule has 0 unspecified atom stereocenters. The van der Waals surface area contributed by atoms with Crippen molar-refractivity contribution in [1.82, 2.24) is 4.98 Å². The van der Waals surface area contributed by atoms with Crippen LogP contribution in [0.3, 0.4) is 0 Å². The molecule has 30 heavy (non-hydrogen) atoms. The van der Waals surface area contributed by atoms with Gasteiger partial charge in [0, 0.05) is 16.5 Å². The molecule has 4 aromatic rings. The first-order chi connectivity index (χ1) is 14.6. The molecular formula is C24H17N3O2S. The van der Waals surface area contributed by atoms with Gasteiger partial charge in [0.1, 0.15) is 17.4 Å². The molecule has 1 heterocycles. The minimum Gasteiger partial charge on any atom is -0.487 e. The monoisotopic (exact) mass is 411 g/mol. The van der Waals surface area contributed by atoms with Crippen LogP contribution in [0.2, 0.25) is 0 Å². The van der Waals surface area contributed by atoms with Gasteiger partial charge in [0.15, 0.2) is 0 Å². The highest BCUT2D eigenvalue weighted by atomic mass is 32.1. The SMILES string of the molecule is N#Cc1ccc(-c2ccc(OCc3csc(-c4ccc(C(N)=O)cc4)n3)cc2)cc1. The average Bonchev–Trinajstić information content (AvgIpc) is 3.27. The van der Waals surface area contributed by atoms with Gasteiger partial charge in [0.25, 0.3) is 0 Å². The molecule has 0 aliphatic heterocycles. The van der Waals surface area contributed by atoms with Crippen LogP contribution in [0.25, 0.3) is 21.7 Å². The molecule has 1 aromatic heterocycles. The Morgan fingerprint density at radius 3 is 2.13 bits per heavy atom. The van der Waals surface area contributed by atoms with E-state index in [2.05, 4.69) is 11.1 Å². The maximum absolute atomic E-state index is 11.2. The number of carbonyl (C=O) groups is 1. The normalized spacial score (nSPS) is 10.4. The zero-order chi connectivity index (χ0) is 20.9. The molecule has 0 saturated heterocycles. The van der Waals surface area contributed by atoms with E-state index in [0.717, 1.165) is 33.1 Å². The lowest BCUT2D eigenvalue weighted by Crippen LogP contribution is -2.10. The Balaban J connectivity index is 1.39. The van der Waals surface area contributed by atoms with Crippen LogP contribution in [0.4, 0.5) is 0 Å². The second kappa shape index (κ2) is 8.60. The number of nitrogens with zero attached hydrogens (tertiary/aromatic N) is 2. The summed E-state index contributed by atoms with van der Waals surface area (Å²) in [4.78, 5) is 15.8. The number of rotatable bonds is 6.